The number of halogens is 1. The van der Waals surface area contributed by atoms with E-state index in [4.69, 9.17) is 11.6 Å². The molecule has 0 aromatic carbocycles. The van der Waals surface area contributed by atoms with Crippen molar-refractivity contribution in [3.8, 4) is 0 Å². The highest BCUT2D eigenvalue weighted by Gasteiger charge is 2.26. The third-order valence-electron chi connectivity index (χ3n) is 4.41. The summed E-state index contributed by atoms with van der Waals surface area (Å²) >= 11 is 6.52. The lowest BCUT2D eigenvalue weighted by Crippen LogP contribution is -2.41. The van der Waals surface area contributed by atoms with Crippen molar-refractivity contribution in [2.45, 2.75) is 78.1 Å². The highest BCUT2D eigenvalue weighted by molar-refractivity contribution is 6.31. The lowest BCUT2D eigenvalue weighted by Gasteiger charge is -2.36. The second kappa shape index (κ2) is 7.61. The number of aryl methyl sites for hydroxylation is 2. The minimum Gasteiger partial charge on any atom is -0.393 e. The zero-order valence-electron chi connectivity index (χ0n) is 13.5. The first-order valence-corrected chi connectivity index (χ1v) is 8.60. The molecule has 0 amide bonds. The van der Waals surface area contributed by atoms with E-state index in [0.717, 1.165) is 48.9 Å². The summed E-state index contributed by atoms with van der Waals surface area (Å²) < 4.78 is 2.04. The summed E-state index contributed by atoms with van der Waals surface area (Å²) in [7, 11) is 0. The van der Waals surface area contributed by atoms with E-state index < -0.39 is 0 Å². The summed E-state index contributed by atoms with van der Waals surface area (Å²) in [6, 6.07) is 0.458. The van der Waals surface area contributed by atoms with Crippen molar-refractivity contribution in [3.05, 3.63) is 16.4 Å². The Morgan fingerprint density at radius 1 is 1.38 bits per heavy atom. The molecule has 1 aromatic rings. The number of nitrogens with zero attached hydrogens (tertiary/aromatic N) is 3. The van der Waals surface area contributed by atoms with E-state index in [2.05, 4.69) is 23.8 Å². The molecule has 0 spiro atoms. The molecular weight excluding hydrogens is 286 g/mol. The number of likely N-dealkylation sites (tertiary alicyclic amines) is 1. The average Bonchev–Trinajstić information content (AvgIpc) is 2.77. The molecule has 4 nitrogen and oxygen atoms in total. The van der Waals surface area contributed by atoms with E-state index in [1.54, 1.807) is 0 Å². The summed E-state index contributed by atoms with van der Waals surface area (Å²) in [4.78, 5) is 2.48. The summed E-state index contributed by atoms with van der Waals surface area (Å²) in [5, 5.41) is 15.2. The monoisotopic (exact) mass is 313 g/mol. The predicted octanol–water partition coefficient (Wildman–Crippen LogP) is 3.24. The smallest absolute Gasteiger partial charge is 0.0863 e. The second-order valence-electron chi connectivity index (χ2n) is 6.08. The van der Waals surface area contributed by atoms with E-state index in [0.29, 0.717) is 6.04 Å². The molecule has 0 bridgehead atoms. The molecule has 2 unspecified atom stereocenters. The van der Waals surface area contributed by atoms with Gasteiger partial charge in [-0.15, -0.1) is 0 Å². The molecule has 0 saturated carbocycles. The quantitative estimate of drug-likeness (QED) is 0.876. The third kappa shape index (κ3) is 3.99. The van der Waals surface area contributed by atoms with Crippen LogP contribution in [0.1, 0.15) is 57.8 Å². The molecule has 1 aliphatic rings. The molecule has 120 valence electrons. The van der Waals surface area contributed by atoms with E-state index in [-0.39, 0.29) is 6.10 Å². The Morgan fingerprint density at radius 2 is 2.14 bits per heavy atom. The van der Waals surface area contributed by atoms with Crippen LogP contribution in [0.15, 0.2) is 0 Å². The number of hydrogen-bond acceptors (Lipinski definition) is 3. The number of aliphatic hydroxyl groups excluding tert-OH is 1. The predicted molar refractivity (Wildman–Crippen MR) is 86.6 cm³/mol. The first kappa shape index (κ1) is 16.8. The molecule has 1 fully saturated rings. The molecule has 0 radical (unpaired) electrons. The molecule has 21 heavy (non-hydrogen) atoms. The Kier molecular flexibility index (Phi) is 6.08. The van der Waals surface area contributed by atoms with Gasteiger partial charge in [0.25, 0.3) is 0 Å². The molecule has 1 aliphatic heterocycles. The van der Waals surface area contributed by atoms with Gasteiger partial charge >= 0.3 is 0 Å². The van der Waals surface area contributed by atoms with Gasteiger partial charge in [0, 0.05) is 19.1 Å². The van der Waals surface area contributed by atoms with Gasteiger partial charge in [-0.1, -0.05) is 24.9 Å². The SMILES string of the molecule is CCc1nn(CC)c(CN2CCCCC2CC(C)O)c1Cl. The Hall–Kier alpha value is -0.580. The van der Waals surface area contributed by atoms with Gasteiger partial charge in [-0.2, -0.15) is 5.10 Å². The fourth-order valence-corrected chi connectivity index (χ4v) is 3.62. The van der Waals surface area contributed by atoms with Gasteiger partial charge < -0.3 is 5.11 Å². The Balaban J connectivity index is 2.16. The van der Waals surface area contributed by atoms with Crippen LogP contribution in [-0.2, 0) is 19.5 Å². The van der Waals surface area contributed by atoms with Crippen LogP contribution in [0.2, 0.25) is 5.02 Å². The topological polar surface area (TPSA) is 41.3 Å². The number of aliphatic hydroxyl groups is 1. The molecule has 2 atom stereocenters. The number of piperidine rings is 1. The Bertz CT molecular complexity index is 459. The maximum absolute atomic E-state index is 9.72. The van der Waals surface area contributed by atoms with Crippen LogP contribution in [-0.4, -0.2) is 38.5 Å². The average molecular weight is 314 g/mol. The number of aromatic nitrogens is 2. The molecule has 1 N–H and O–H groups in total. The number of rotatable bonds is 6. The molecule has 1 saturated heterocycles. The van der Waals surface area contributed by atoms with Gasteiger partial charge in [0.2, 0.25) is 0 Å². The highest BCUT2D eigenvalue weighted by Crippen LogP contribution is 2.27. The second-order valence-corrected chi connectivity index (χ2v) is 6.46. The fourth-order valence-electron chi connectivity index (χ4n) is 3.29. The standard InChI is InChI=1S/C16H28ClN3O/c1-4-14-16(17)15(20(5-2)18-14)11-19-9-7-6-8-13(19)10-12(3)21/h12-13,21H,4-11H2,1-3H3. The molecule has 0 aliphatic carbocycles. The normalized spacial score (nSPS) is 21.7. The van der Waals surface area contributed by atoms with Crippen LogP contribution in [0.25, 0.3) is 0 Å². The molecular formula is C16H28ClN3O. The summed E-state index contributed by atoms with van der Waals surface area (Å²) in [5.41, 5.74) is 2.13. The zero-order chi connectivity index (χ0) is 15.4. The highest BCUT2D eigenvalue weighted by atomic mass is 35.5. The van der Waals surface area contributed by atoms with Crippen LogP contribution in [0.4, 0.5) is 0 Å². The summed E-state index contributed by atoms with van der Waals surface area (Å²) in [6.45, 7) is 8.86. The zero-order valence-corrected chi connectivity index (χ0v) is 14.2. The maximum Gasteiger partial charge on any atom is 0.0863 e. The molecule has 1 aromatic heterocycles. The van der Waals surface area contributed by atoms with E-state index in [9.17, 15) is 5.11 Å². The Morgan fingerprint density at radius 3 is 2.76 bits per heavy atom. The molecule has 2 heterocycles. The van der Waals surface area contributed by atoms with Gasteiger partial charge in [-0.3, -0.25) is 9.58 Å². The minimum absolute atomic E-state index is 0.242. The van der Waals surface area contributed by atoms with Crippen LogP contribution < -0.4 is 0 Å². The van der Waals surface area contributed by atoms with Crippen molar-refractivity contribution < 1.29 is 5.11 Å². The van der Waals surface area contributed by atoms with Gasteiger partial charge in [-0.25, -0.2) is 0 Å². The summed E-state index contributed by atoms with van der Waals surface area (Å²) in [5.74, 6) is 0. The van der Waals surface area contributed by atoms with Gasteiger partial charge in [-0.05, 0) is 46.1 Å². The van der Waals surface area contributed by atoms with E-state index in [1.807, 2.05) is 11.6 Å². The lowest BCUT2D eigenvalue weighted by molar-refractivity contribution is 0.0799. The van der Waals surface area contributed by atoms with Crippen LogP contribution in [0.5, 0.6) is 0 Å². The maximum atomic E-state index is 9.72. The van der Waals surface area contributed by atoms with Gasteiger partial charge in [0.15, 0.2) is 0 Å². The largest absolute Gasteiger partial charge is 0.393 e. The number of hydrogen-bond donors (Lipinski definition) is 1. The first-order chi connectivity index (χ1) is 10.1. The van der Waals surface area contributed by atoms with Gasteiger partial charge in [0.1, 0.15) is 0 Å². The van der Waals surface area contributed by atoms with Crippen LogP contribution in [0, 0.1) is 0 Å². The van der Waals surface area contributed by atoms with Crippen molar-refractivity contribution in [1.82, 2.24) is 14.7 Å². The van der Waals surface area contributed by atoms with Crippen molar-refractivity contribution in [2.75, 3.05) is 6.54 Å². The van der Waals surface area contributed by atoms with Crippen molar-refractivity contribution >= 4 is 11.6 Å². The molecule has 5 heteroatoms. The van der Waals surface area contributed by atoms with E-state index in [1.165, 1.54) is 19.3 Å². The van der Waals surface area contributed by atoms with Crippen molar-refractivity contribution in [3.63, 3.8) is 0 Å². The first-order valence-electron chi connectivity index (χ1n) is 8.22. The van der Waals surface area contributed by atoms with Crippen molar-refractivity contribution in [2.24, 2.45) is 0 Å². The van der Waals surface area contributed by atoms with E-state index >= 15 is 0 Å². The summed E-state index contributed by atoms with van der Waals surface area (Å²) in [6.07, 6.45) is 5.13. The molecule has 2 rings (SSSR count). The Labute approximate surface area is 133 Å². The van der Waals surface area contributed by atoms with Crippen LogP contribution in [0.3, 0.4) is 0 Å². The van der Waals surface area contributed by atoms with Crippen LogP contribution >= 0.6 is 11.6 Å². The van der Waals surface area contributed by atoms with Crippen molar-refractivity contribution in [1.29, 1.82) is 0 Å². The third-order valence-corrected chi connectivity index (χ3v) is 4.85. The fraction of sp³-hybridized carbons (Fsp3) is 0.812. The minimum atomic E-state index is -0.242. The van der Waals surface area contributed by atoms with Gasteiger partial charge in [0.05, 0.1) is 22.5 Å². The lowest BCUT2D eigenvalue weighted by atomic mass is 9.97.